The second-order valence-electron chi connectivity index (χ2n) is 4.86. The zero-order valence-corrected chi connectivity index (χ0v) is 12.2. The van der Waals surface area contributed by atoms with E-state index in [1.807, 2.05) is 30.3 Å². The maximum absolute atomic E-state index is 11.9. The van der Waals surface area contributed by atoms with Crippen LogP contribution in [0.5, 0.6) is 0 Å². The molecule has 7 nitrogen and oxygen atoms in total. The summed E-state index contributed by atoms with van der Waals surface area (Å²) in [6, 6.07) is 8.48. The number of nitrogens with one attached hydrogen (secondary N) is 2. The molecule has 0 spiro atoms. The first-order valence-electron chi connectivity index (χ1n) is 6.84. The Morgan fingerprint density at radius 3 is 2.77 bits per heavy atom. The highest BCUT2D eigenvalue weighted by molar-refractivity contribution is 5.88. The van der Waals surface area contributed by atoms with Crippen LogP contribution in [-0.2, 0) is 13.5 Å². The summed E-state index contributed by atoms with van der Waals surface area (Å²) in [5.41, 5.74) is 0.594. The Balaban J connectivity index is 1.97. The van der Waals surface area contributed by atoms with E-state index in [1.54, 1.807) is 7.05 Å². The monoisotopic (exact) mass is 302 g/mol. The molecule has 0 aliphatic carbocycles. The summed E-state index contributed by atoms with van der Waals surface area (Å²) in [5.74, 6) is -0.0566. The average Bonchev–Trinajstić information content (AvgIpc) is 2.52. The van der Waals surface area contributed by atoms with E-state index in [2.05, 4.69) is 15.6 Å². The third-order valence-corrected chi connectivity index (χ3v) is 3.13. The summed E-state index contributed by atoms with van der Waals surface area (Å²) in [5, 5.41) is 14.4. The van der Waals surface area contributed by atoms with Crippen LogP contribution in [0.4, 0.5) is 10.6 Å². The number of aryl methyl sites for hydroxylation is 1. The van der Waals surface area contributed by atoms with Gasteiger partial charge in [0.25, 0.3) is 5.56 Å². The summed E-state index contributed by atoms with van der Waals surface area (Å²) in [7, 11) is 1.57. The topological polar surface area (TPSA) is 96.2 Å². The number of aliphatic hydroxyl groups is 1. The van der Waals surface area contributed by atoms with Gasteiger partial charge in [-0.25, -0.2) is 9.78 Å². The molecule has 1 unspecified atom stereocenters. The van der Waals surface area contributed by atoms with E-state index in [-0.39, 0.29) is 12.4 Å². The molecular formula is C15H18N4O3. The van der Waals surface area contributed by atoms with Crippen LogP contribution < -0.4 is 16.2 Å². The van der Waals surface area contributed by atoms with Crippen LogP contribution in [0.1, 0.15) is 5.56 Å². The van der Waals surface area contributed by atoms with Gasteiger partial charge in [-0.15, -0.1) is 0 Å². The normalized spacial score (nSPS) is 11.7. The molecule has 0 radical (unpaired) electrons. The van der Waals surface area contributed by atoms with Gasteiger partial charge in [-0.05, 0) is 12.0 Å². The number of urea groups is 1. The number of carbonyl (C=O) groups excluding carboxylic acids is 1. The zero-order chi connectivity index (χ0) is 15.9. The fraction of sp³-hybridized carbons (Fsp3) is 0.267. The molecule has 0 fully saturated rings. The first-order valence-corrected chi connectivity index (χ1v) is 6.84. The highest BCUT2D eigenvalue weighted by Crippen LogP contribution is 2.03. The number of benzene rings is 1. The summed E-state index contributed by atoms with van der Waals surface area (Å²) >= 11 is 0. The number of anilines is 1. The maximum atomic E-state index is 11.9. The molecule has 0 saturated carbocycles. The van der Waals surface area contributed by atoms with Crippen LogP contribution in [-0.4, -0.2) is 33.3 Å². The second kappa shape index (κ2) is 7.37. The van der Waals surface area contributed by atoms with E-state index < -0.39 is 17.6 Å². The van der Waals surface area contributed by atoms with Gasteiger partial charge in [0, 0.05) is 19.4 Å². The lowest BCUT2D eigenvalue weighted by Crippen LogP contribution is -2.42. The molecule has 1 heterocycles. The lowest BCUT2D eigenvalue weighted by atomic mass is 10.1. The Bertz CT molecular complexity index is 685. The Kier molecular flexibility index (Phi) is 5.26. The van der Waals surface area contributed by atoms with Crippen molar-refractivity contribution >= 4 is 11.8 Å². The first-order chi connectivity index (χ1) is 10.6. The standard InChI is InChI=1S/C15H18N4O3/c1-19-8-7-16-13(14(19)21)18-15(22)17-12(10-20)9-11-5-3-2-4-6-11/h2-8,12,20H,9-10H2,1H3,(H2,16,17,18,22). The van der Waals surface area contributed by atoms with Crippen molar-refractivity contribution in [3.63, 3.8) is 0 Å². The van der Waals surface area contributed by atoms with Crippen LogP contribution in [0, 0.1) is 0 Å². The number of amides is 2. The largest absolute Gasteiger partial charge is 0.394 e. The van der Waals surface area contributed by atoms with E-state index in [0.717, 1.165) is 5.56 Å². The smallest absolute Gasteiger partial charge is 0.320 e. The van der Waals surface area contributed by atoms with Gasteiger partial charge in [-0.2, -0.15) is 0 Å². The first kappa shape index (κ1) is 15.7. The summed E-state index contributed by atoms with van der Waals surface area (Å²) in [6.45, 7) is -0.206. The SMILES string of the molecule is Cn1ccnc(NC(=O)NC(CO)Cc2ccccc2)c1=O. The Morgan fingerprint density at radius 2 is 2.09 bits per heavy atom. The van der Waals surface area contributed by atoms with Gasteiger partial charge in [-0.3, -0.25) is 10.1 Å². The molecule has 116 valence electrons. The quantitative estimate of drug-likeness (QED) is 0.749. The summed E-state index contributed by atoms with van der Waals surface area (Å²) in [4.78, 5) is 27.5. The van der Waals surface area contributed by atoms with Gasteiger partial charge in [0.15, 0.2) is 0 Å². The fourth-order valence-corrected chi connectivity index (χ4v) is 1.97. The highest BCUT2D eigenvalue weighted by atomic mass is 16.3. The van der Waals surface area contributed by atoms with Crippen molar-refractivity contribution in [3.8, 4) is 0 Å². The number of rotatable bonds is 5. The lowest BCUT2D eigenvalue weighted by molar-refractivity contribution is 0.224. The predicted molar refractivity (Wildman–Crippen MR) is 82.7 cm³/mol. The van der Waals surface area contributed by atoms with Crippen molar-refractivity contribution < 1.29 is 9.90 Å². The number of nitrogens with zero attached hydrogens (tertiary/aromatic N) is 2. The highest BCUT2D eigenvalue weighted by Gasteiger charge is 2.14. The van der Waals surface area contributed by atoms with Crippen molar-refractivity contribution in [2.24, 2.45) is 7.05 Å². The minimum atomic E-state index is -0.578. The molecule has 0 bridgehead atoms. The van der Waals surface area contributed by atoms with Crippen molar-refractivity contribution in [3.05, 3.63) is 58.6 Å². The van der Waals surface area contributed by atoms with E-state index in [1.165, 1.54) is 17.0 Å². The Morgan fingerprint density at radius 1 is 1.36 bits per heavy atom. The predicted octanol–water partition coefficient (Wildman–Crippen LogP) is 0.505. The van der Waals surface area contributed by atoms with Crippen molar-refractivity contribution in [1.29, 1.82) is 0 Å². The molecule has 2 aromatic rings. The van der Waals surface area contributed by atoms with Crippen LogP contribution in [0.2, 0.25) is 0 Å². The molecule has 2 amide bonds. The van der Waals surface area contributed by atoms with Gasteiger partial charge >= 0.3 is 6.03 Å². The third-order valence-electron chi connectivity index (χ3n) is 3.13. The Labute approximate surface area is 127 Å². The number of carbonyl (C=O) groups is 1. The zero-order valence-electron chi connectivity index (χ0n) is 12.2. The molecule has 1 aromatic heterocycles. The summed E-state index contributed by atoms with van der Waals surface area (Å²) in [6.07, 6.45) is 3.41. The molecule has 2 rings (SSSR count). The van der Waals surface area contributed by atoms with Gasteiger partial charge < -0.3 is 15.0 Å². The van der Waals surface area contributed by atoms with Gasteiger partial charge in [0.05, 0.1) is 12.6 Å². The maximum Gasteiger partial charge on any atom is 0.320 e. The second-order valence-corrected chi connectivity index (χ2v) is 4.86. The van der Waals surface area contributed by atoms with Crippen molar-refractivity contribution in [1.82, 2.24) is 14.9 Å². The van der Waals surface area contributed by atoms with E-state index in [0.29, 0.717) is 6.42 Å². The number of hydrogen-bond acceptors (Lipinski definition) is 4. The molecule has 7 heteroatoms. The van der Waals surface area contributed by atoms with Crippen LogP contribution in [0.3, 0.4) is 0 Å². The van der Waals surface area contributed by atoms with Gasteiger partial charge in [0.1, 0.15) is 0 Å². The molecular weight excluding hydrogens is 284 g/mol. The van der Waals surface area contributed by atoms with E-state index in [9.17, 15) is 14.7 Å². The molecule has 22 heavy (non-hydrogen) atoms. The van der Waals surface area contributed by atoms with Crippen LogP contribution in [0.15, 0.2) is 47.5 Å². The van der Waals surface area contributed by atoms with Crippen molar-refractivity contribution in [2.75, 3.05) is 11.9 Å². The minimum Gasteiger partial charge on any atom is -0.394 e. The number of aliphatic hydroxyl groups excluding tert-OH is 1. The third kappa shape index (κ3) is 4.16. The van der Waals surface area contributed by atoms with E-state index >= 15 is 0 Å². The summed E-state index contributed by atoms with van der Waals surface area (Å²) < 4.78 is 1.32. The van der Waals surface area contributed by atoms with Crippen LogP contribution in [0.25, 0.3) is 0 Å². The number of aromatic nitrogens is 2. The molecule has 1 atom stereocenters. The van der Waals surface area contributed by atoms with Gasteiger partial charge in [0.2, 0.25) is 5.82 Å². The number of hydrogen-bond donors (Lipinski definition) is 3. The molecule has 1 aromatic carbocycles. The molecule has 0 aliphatic rings. The molecule has 3 N–H and O–H groups in total. The average molecular weight is 302 g/mol. The fourth-order valence-electron chi connectivity index (χ4n) is 1.97. The molecule has 0 saturated heterocycles. The Hall–Kier alpha value is -2.67. The van der Waals surface area contributed by atoms with E-state index in [4.69, 9.17) is 0 Å². The lowest BCUT2D eigenvalue weighted by Gasteiger charge is -2.16. The van der Waals surface area contributed by atoms with Gasteiger partial charge in [-0.1, -0.05) is 30.3 Å². The van der Waals surface area contributed by atoms with Crippen molar-refractivity contribution in [2.45, 2.75) is 12.5 Å². The van der Waals surface area contributed by atoms with Crippen LogP contribution >= 0.6 is 0 Å². The minimum absolute atomic E-state index is 0.0566. The molecule has 0 aliphatic heterocycles.